The minimum Gasteiger partial charge on any atom is -0.319 e. The van der Waals surface area contributed by atoms with Gasteiger partial charge in [0.05, 0.1) is 6.04 Å². The molecule has 108 valence electrons. The Kier molecular flexibility index (Phi) is 4.03. The lowest BCUT2D eigenvalue weighted by molar-refractivity contribution is -0.132. The number of benzene rings is 1. The van der Waals surface area contributed by atoms with Crippen molar-refractivity contribution in [2.75, 3.05) is 6.26 Å². The van der Waals surface area contributed by atoms with E-state index in [2.05, 4.69) is 40.7 Å². The van der Waals surface area contributed by atoms with Crippen molar-refractivity contribution >= 4 is 17.7 Å². The number of hydrogen-bond acceptors (Lipinski definition) is 3. The lowest BCUT2D eigenvalue weighted by Gasteiger charge is -2.30. The minimum absolute atomic E-state index is 0.0523. The first-order chi connectivity index (χ1) is 9.70. The zero-order valence-corrected chi connectivity index (χ0v) is 13.0. The molecule has 2 atom stereocenters. The lowest BCUT2D eigenvalue weighted by Crippen LogP contribution is -2.38. The number of amides is 1. The van der Waals surface area contributed by atoms with Gasteiger partial charge in [-0.05, 0) is 43.7 Å². The summed E-state index contributed by atoms with van der Waals surface area (Å²) in [5, 5.41) is 3.45. The Labute approximate surface area is 125 Å². The van der Waals surface area contributed by atoms with Crippen LogP contribution in [0.25, 0.3) is 0 Å². The maximum atomic E-state index is 12.5. The van der Waals surface area contributed by atoms with Crippen molar-refractivity contribution in [3.05, 3.63) is 29.8 Å². The fourth-order valence-corrected chi connectivity index (χ4v) is 3.76. The molecule has 0 spiro atoms. The maximum Gasteiger partial charge on any atom is 0.241 e. The first-order valence-corrected chi connectivity index (χ1v) is 8.65. The molecule has 1 aliphatic heterocycles. The number of nitrogens with one attached hydrogen (secondary N) is 1. The summed E-state index contributed by atoms with van der Waals surface area (Å²) in [4.78, 5) is 15.8. The van der Waals surface area contributed by atoms with Crippen molar-refractivity contribution in [1.29, 1.82) is 0 Å². The van der Waals surface area contributed by atoms with Gasteiger partial charge in [-0.1, -0.05) is 25.0 Å². The summed E-state index contributed by atoms with van der Waals surface area (Å²) >= 11 is 1.75. The zero-order valence-electron chi connectivity index (χ0n) is 12.1. The van der Waals surface area contributed by atoms with E-state index in [0.717, 1.165) is 12.8 Å². The van der Waals surface area contributed by atoms with Crippen molar-refractivity contribution in [2.24, 2.45) is 0 Å². The van der Waals surface area contributed by atoms with Crippen LogP contribution in [0.2, 0.25) is 0 Å². The predicted octanol–water partition coefficient (Wildman–Crippen LogP) is 3.17. The van der Waals surface area contributed by atoms with Crippen molar-refractivity contribution in [2.45, 2.75) is 55.8 Å². The molecule has 1 aromatic rings. The average molecular weight is 290 g/mol. The molecule has 2 aliphatic rings. The molecule has 1 saturated heterocycles. The van der Waals surface area contributed by atoms with Gasteiger partial charge in [-0.2, -0.15) is 0 Å². The second-order valence-electron chi connectivity index (χ2n) is 5.75. The molecule has 1 saturated carbocycles. The van der Waals surface area contributed by atoms with E-state index in [9.17, 15) is 4.79 Å². The number of rotatable bonds is 3. The Bertz CT molecular complexity index is 482. The Morgan fingerprint density at radius 1 is 1.20 bits per heavy atom. The highest BCUT2D eigenvalue weighted by Gasteiger charge is 2.41. The highest BCUT2D eigenvalue weighted by atomic mass is 32.2. The lowest BCUT2D eigenvalue weighted by atomic mass is 10.1. The molecule has 1 heterocycles. The zero-order chi connectivity index (χ0) is 14.1. The summed E-state index contributed by atoms with van der Waals surface area (Å²) in [6, 6.07) is 8.93. The number of carbonyl (C=O) groups is 1. The molecule has 0 radical (unpaired) electrons. The third-order valence-corrected chi connectivity index (χ3v) is 5.20. The van der Waals surface area contributed by atoms with Crippen LogP contribution in [0.15, 0.2) is 29.2 Å². The molecule has 3 nitrogen and oxygen atoms in total. The Hall–Kier alpha value is -1.00. The average Bonchev–Trinajstić information content (AvgIpc) is 3.08. The summed E-state index contributed by atoms with van der Waals surface area (Å²) in [5.41, 5.74) is 1.20. The van der Waals surface area contributed by atoms with Crippen molar-refractivity contribution in [3.63, 3.8) is 0 Å². The molecule has 0 aromatic heterocycles. The largest absolute Gasteiger partial charge is 0.319 e. The minimum atomic E-state index is -0.0687. The molecule has 2 unspecified atom stereocenters. The Morgan fingerprint density at radius 3 is 2.45 bits per heavy atom. The fraction of sp³-hybridized carbons (Fsp3) is 0.562. The van der Waals surface area contributed by atoms with Crippen LogP contribution in [0.4, 0.5) is 0 Å². The molecule has 1 amide bonds. The molecule has 1 aromatic carbocycles. The van der Waals surface area contributed by atoms with E-state index in [4.69, 9.17) is 0 Å². The molecule has 1 aliphatic carbocycles. The Morgan fingerprint density at radius 2 is 1.85 bits per heavy atom. The molecule has 3 rings (SSSR count). The molecular weight excluding hydrogens is 268 g/mol. The van der Waals surface area contributed by atoms with E-state index in [-0.39, 0.29) is 18.1 Å². The predicted molar refractivity (Wildman–Crippen MR) is 82.7 cm³/mol. The number of thioether (sulfide) groups is 1. The van der Waals surface area contributed by atoms with Gasteiger partial charge in [0.2, 0.25) is 5.91 Å². The van der Waals surface area contributed by atoms with Gasteiger partial charge in [-0.3, -0.25) is 10.1 Å². The van der Waals surface area contributed by atoms with Crippen LogP contribution in [-0.4, -0.2) is 29.1 Å². The van der Waals surface area contributed by atoms with Crippen molar-refractivity contribution in [1.82, 2.24) is 10.2 Å². The van der Waals surface area contributed by atoms with Gasteiger partial charge in [0.15, 0.2) is 0 Å². The van der Waals surface area contributed by atoms with E-state index >= 15 is 0 Å². The topological polar surface area (TPSA) is 32.3 Å². The van der Waals surface area contributed by atoms with Crippen LogP contribution in [0.1, 0.15) is 44.3 Å². The van der Waals surface area contributed by atoms with Gasteiger partial charge in [0.25, 0.3) is 0 Å². The standard InChI is InChI=1S/C16H22N2OS/c1-11-16(19)18(13-5-3-4-6-13)15(17-11)12-7-9-14(20-2)10-8-12/h7-11,13,15,17H,3-6H2,1-2H3. The Balaban J connectivity index is 1.86. The first kappa shape index (κ1) is 14.0. The summed E-state index contributed by atoms with van der Waals surface area (Å²) in [5.74, 6) is 0.260. The van der Waals surface area contributed by atoms with Crippen LogP contribution in [-0.2, 0) is 4.79 Å². The SMILES string of the molecule is CSc1ccc(C2NC(C)C(=O)N2C2CCCC2)cc1. The van der Waals surface area contributed by atoms with E-state index in [1.54, 1.807) is 11.8 Å². The monoisotopic (exact) mass is 290 g/mol. The van der Waals surface area contributed by atoms with Crippen LogP contribution in [0, 0.1) is 0 Å². The third-order valence-electron chi connectivity index (χ3n) is 4.46. The van der Waals surface area contributed by atoms with Crippen LogP contribution in [0.3, 0.4) is 0 Å². The third kappa shape index (κ3) is 2.47. The normalized spacial score (nSPS) is 27.5. The first-order valence-electron chi connectivity index (χ1n) is 7.43. The summed E-state index contributed by atoms with van der Waals surface area (Å²) in [6.07, 6.45) is 6.94. The highest BCUT2D eigenvalue weighted by Crippen LogP contribution is 2.34. The van der Waals surface area contributed by atoms with Crippen molar-refractivity contribution in [3.8, 4) is 0 Å². The van der Waals surface area contributed by atoms with Crippen LogP contribution < -0.4 is 5.32 Å². The molecule has 1 N–H and O–H groups in total. The molecular formula is C16H22N2OS. The van der Waals surface area contributed by atoms with E-state index in [0.29, 0.717) is 6.04 Å². The number of hydrogen-bond donors (Lipinski definition) is 1. The highest BCUT2D eigenvalue weighted by molar-refractivity contribution is 7.98. The quantitative estimate of drug-likeness (QED) is 0.868. The molecule has 0 bridgehead atoms. The second-order valence-corrected chi connectivity index (χ2v) is 6.63. The van der Waals surface area contributed by atoms with Crippen LogP contribution >= 0.6 is 11.8 Å². The van der Waals surface area contributed by atoms with Gasteiger partial charge in [0, 0.05) is 10.9 Å². The fourth-order valence-electron chi connectivity index (χ4n) is 3.36. The molecule has 20 heavy (non-hydrogen) atoms. The van der Waals surface area contributed by atoms with Crippen LogP contribution in [0.5, 0.6) is 0 Å². The van der Waals surface area contributed by atoms with E-state index < -0.39 is 0 Å². The van der Waals surface area contributed by atoms with Crippen molar-refractivity contribution < 1.29 is 4.79 Å². The van der Waals surface area contributed by atoms with Gasteiger partial charge in [-0.25, -0.2) is 0 Å². The summed E-state index contributed by atoms with van der Waals surface area (Å²) in [7, 11) is 0. The maximum absolute atomic E-state index is 12.5. The van der Waals surface area contributed by atoms with E-state index in [1.165, 1.54) is 23.3 Å². The summed E-state index contributed by atoms with van der Waals surface area (Å²) < 4.78 is 0. The number of nitrogens with zero attached hydrogens (tertiary/aromatic N) is 1. The van der Waals surface area contributed by atoms with E-state index in [1.807, 2.05) is 6.92 Å². The van der Waals surface area contributed by atoms with Gasteiger partial charge >= 0.3 is 0 Å². The summed E-state index contributed by atoms with van der Waals surface area (Å²) in [6.45, 7) is 1.97. The van der Waals surface area contributed by atoms with Gasteiger partial charge in [-0.15, -0.1) is 11.8 Å². The molecule has 4 heteroatoms. The smallest absolute Gasteiger partial charge is 0.241 e. The number of carbonyl (C=O) groups excluding carboxylic acids is 1. The van der Waals surface area contributed by atoms with Gasteiger partial charge in [0.1, 0.15) is 6.17 Å². The second kappa shape index (κ2) is 5.78. The molecule has 2 fully saturated rings. The van der Waals surface area contributed by atoms with Gasteiger partial charge < -0.3 is 4.90 Å².